The number of carbonyl (C=O) groups is 2. The number of benzene rings is 2. The molecule has 0 aliphatic rings. The monoisotopic (exact) mass is 484 g/mol. The van der Waals surface area contributed by atoms with Crippen LogP contribution in [0.3, 0.4) is 0 Å². The van der Waals surface area contributed by atoms with Crippen molar-refractivity contribution in [3.8, 4) is 5.75 Å². The predicted molar refractivity (Wildman–Crippen MR) is 110 cm³/mol. The minimum atomic E-state index is -5.29. The molecule has 2 N–H and O–H groups in total. The molecule has 0 aliphatic carbocycles. The number of carbonyl (C=O) groups excluding carboxylic acids is 2. The van der Waals surface area contributed by atoms with Crippen LogP contribution in [-0.4, -0.2) is 51.7 Å². The van der Waals surface area contributed by atoms with Gasteiger partial charge in [-0.3, -0.25) is 4.79 Å². The van der Waals surface area contributed by atoms with Gasteiger partial charge in [0.25, 0.3) is 0 Å². The molecule has 33 heavy (non-hydrogen) atoms. The molecule has 0 aliphatic heterocycles. The number of aromatic amines is 1. The lowest BCUT2D eigenvalue weighted by atomic mass is 10.1. The van der Waals surface area contributed by atoms with Gasteiger partial charge in [0.15, 0.2) is 0 Å². The number of nitrogens with one attached hydrogen (secondary N) is 2. The van der Waals surface area contributed by atoms with Crippen LogP contribution in [0, 0.1) is 0 Å². The molecule has 0 radical (unpaired) electrons. The summed E-state index contributed by atoms with van der Waals surface area (Å²) in [6.07, 6.45) is -4.58. The summed E-state index contributed by atoms with van der Waals surface area (Å²) in [4.78, 5) is 25.1. The van der Waals surface area contributed by atoms with Crippen molar-refractivity contribution >= 4 is 32.7 Å². The van der Waals surface area contributed by atoms with E-state index < -0.39 is 34.4 Å². The number of hydrogen-bond acceptors (Lipinski definition) is 7. The lowest BCUT2D eigenvalue weighted by Crippen LogP contribution is -2.28. The Labute approximate surface area is 186 Å². The average Bonchev–Trinajstić information content (AvgIpc) is 3.19. The molecule has 3 aromatic rings. The third-order valence-electron chi connectivity index (χ3n) is 4.55. The Morgan fingerprint density at radius 1 is 1.09 bits per heavy atom. The molecular formula is C21H19F3N2O6S. The predicted octanol–water partition coefficient (Wildman–Crippen LogP) is 2.77. The van der Waals surface area contributed by atoms with E-state index in [2.05, 4.69) is 15.0 Å². The fraction of sp³-hybridized carbons (Fsp3) is 0.238. The fourth-order valence-corrected chi connectivity index (χ4v) is 4.44. The van der Waals surface area contributed by atoms with Crippen molar-refractivity contribution in [3.63, 3.8) is 0 Å². The van der Waals surface area contributed by atoms with Gasteiger partial charge >= 0.3 is 18.1 Å². The first-order valence-corrected chi connectivity index (χ1v) is 11.1. The third-order valence-corrected chi connectivity index (χ3v) is 6.34. The SMILES string of the molecule is CNCCOc1cccc2[nH]cc(S(=O)(=O)c3ccc(CC(=O)OC(=O)C(F)(F)F)cc3)c12. The molecule has 12 heteroatoms. The molecule has 8 nitrogen and oxygen atoms in total. The topological polar surface area (TPSA) is 115 Å². The number of sulfone groups is 1. The van der Waals surface area contributed by atoms with Crippen molar-refractivity contribution < 1.29 is 40.7 Å². The molecule has 0 bridgehead atoms. The van der Waals surface area contributed by atoms with E-state index in [0.29, 0.717) is 29.8 Å². The van der Waals surface area contributed by atoms with Crippen molar-refractivity contribution in [1.82, 2.24) is 10.3 Å². The van der Waals surface area contributed by atoms with Gasteiger partial charge in [-0.2, -0.15) is 13.2 Å². The van der Waals surface area contributed by atoms with Crippen LogP contribution in [0.5, 0.6) is 5.75 Å². The maximum absolute atomic E-state index is 13.2. The molecule has 1 heterocycles. The quantitative estimate of drug-likeness (QED) is 0.287. The Morgan fingerprint density at radius 2 is 1.79 bits per heavy atom. The molecule has 0 amide bonds. The summed E-state index contributed by atoms with van der Waals surface area (Å²) in [5, 5.41) is 3.31. The van der Waals surface area contributed by atoms with Crippen LogP contribution in [0.4, 0.5) is 13.2 Å². The number of fused-ring (bicyclic) bond motifs is 1. The number of likely N-dealkylation sites (N-methyl/N-ethyl adjacent to an activating group) is 1. The highest BCUT2D eigenvalue weighted by atomic mass is 32.2. The minimum Gasteiger partial charge on any atom is -0.492 e. The van der Waals surface area contributed by atoms with Gasteiger partial charge in [0.2, 0.25) is 9.84 Å². The summed E-state index contributed by atoms with van der Waals surface area (Å²) in [5.41, 5.74) is 0.730. The minimum absolute atomic E-state index is 0.0134. The normalized spacial score (nSPS) is 12.0. The first-order valence-electron chi connectivity index (χ1n) is 9.57. The standard InChI is InChI=1S/C21H19F3N2O6S/c1-25-9-10-31-16-4-2-3-15-19(16)17(12-26-15)33(29,30)14-7-5-13(6-8-14)11-18(27)32-20(28)21(22,23)24/h2-8,12,25-26H,9-11H2,1H3. The van der Waals surface area contributed by atoms with Gasteiger partial charge in [-0.15, -0.1) is 0 Å². The van der Waals surface area contributed by atoms with E-state index in [4.69, 9.17) is 4.74 Å². The smallest absolute Gasteiger partial charge is 0.491 e. The van der Waals surface area contributed by atoms with Gasteiger partial charge in [-0.25, -0.2) is 13.2 Å². The van der Waals surface area contributed by atoms with Gasteiger partial charge in [-0.05, 0) is 36.9 Å². The Kier molecular flexibility index (Phi) is 7.08. The summed E-state index contributed by atoms with van der Waals surface area (Å²) in [5.74, 6) is -3.64. The highest BCUT2D eigenvalue weighted by molar-refractivity contribution is 7.91. The fourth-order valence-electron chi connectivity index (χ4n) is 2.99. The van der Waals surface area contributed by atoms with Crippen LogP contribution in [0.25, 0.3) is 10.9 Å². The molecule has 2 aromatic carbocycles. The number of alkyl halides is 3. The largest absolute Gasteiger partial charge is 0.492 e. The summed E-state index contributed by atoms with van der Waals surface area (Å²) >= 11 is 0. The molecule has 0 spiro atoms. The second-order valence-corrected chi connectivity index (χ2v) is 8.79. The van der Waals surface area contributed by atoms with Crippen LogP contribution in [0.15, 0.2) is 58.5 Å². The van der Waals surface area contributed by atoms with Crippen LogP contribution in [-0.2, 0) is 30.6 Å². The van der Waals surface area contributed by atoms with Crippen LogP contribution >= 0.6 is 0 Å². The summed E-state index contributed by atoms with van der Waals surface area (Å²) in [6.45, 7) is 0.878. The molecule has 0 unspecified atom stereocenters. The number of ether oxygens (including phenoxy) is 2. The van der Waals surface area contributed by atoms with Crippen LogP contribution in [0.2, 0.25) is 0 Å². The number of aromatic nitrogens is 1. The maximum atomic E-state index is 13.2. The number of rotatable bonds is 8. The summed E-state index contributed by atoms with van der Waals surface area (Å²) in [7, 11) is -2.25. The Hall–Kier alpha value is -3.38. The zero-order valence-corrected chi connectivity index (χ0v) is 18.0. The number of hydrogen-bond donors (Lipinski definition) is 2. The molecule has 0 atom stereocenters. The molecule has 176 valence electrons. The zero-order valence-electron chi connectivity index (χ0n) is 17.2. The van der Waals surface area contributed by atoms with Crippen molar-refractivity contribution in [2.45, 2.75) is 22.4 Å². The van der Waals surface area contributed by atoms with E-state index in [1.165, 1.54) is 30.5 Å². The lowest BCUT2D eigenvalue weighted by Gasteiger charge is -2.10. The van der Waals surface area contributed by atoms with E-state index in [1.54, 1.807) is 25.2 Å². The highest BCUT2D eigenvalue weighted by Crippen LogP contribution is 2.34. The van der Waals surface area contributed by atoms with Gasteiger partial charge in [0.05, 0.1) is 22.2 Å². The molecular weight excluding hydrogens is 465 g/mol. The van der Waals surface area contributed by atoms with E-state index in [1.807, 2.05) is 0 Å². The number of halogens is 3. The zero-order chi connectivity index (χ0) is 24.2. The van der Waals surface area contributed by atoms with Crippen molar-refractivity contribution in [2.24, 2.45) is 0 Å². The van der Waals surface area contributed by atoms with Crippen LogP contribution < -0.4 is 10.1 Å². The Balaban J connectivity index is 1.83. The third kappa shape index (κ3) is 5.52. The van der Waals surface area contributed by atoms with E-state index >= 15 is 0 Å². The molecule has 1 aromatic heterocycles. The second-order valence-electron chi connectivity index (χ2n) is 6.87. The van der Waals surface area contributed by atoms with Crippen molar-refractivity contribution in [3.05, 3.63) is 54.2 Å². The molecule has 0 saturated heterocycles. The lowest BCUT2D eigenvalue weighted by molar-refractivity contribution is -0.201. The molecule has 0 fully saturated rings. The van der Waals surface area contributed by atoms with Crippen molar-refractivity contribution in [2.75, 3.05) is 20.2 Å². The van der Waals surface area contributed by atoms with Gasteiger partial charge < -0.3 is 19.8 Å². The van der Waals surface area contributed by atoms with Gasteiger partial charge in [0.1, 0.15) is 17.3 Å². The summed E-state index contributed by atoms with van der Waals surface area (Å²) < 4.78 is 72.5. The second kappa shape index (κ2) is 9.63. The van der Waals surface area contributed by atoms with Crippen LogP contribution in [0.1, 0.15) is 5.56 Å². The number of H-pyrrole nitrogens is 1. The Bertz CT molecular complexity index is 1270. The van der Waals surface area contributed by atoms with Gasteiger partial charge in [0, 0.05) is 12.7 Å². The van der Waals surface area contributed by atoms with Crippen molar-refractivity contribution in [1.29, 1.82) is 0 Å². The molecule has 0 saturated carbocycles. The molecule has 3 rings (SSSR count). The van der Waals surface area contributed by atoms with E-state index in [0.717, 1.165) is 0 Å². The maximum Gasteiger partial charge on any atom is 0.491 e. The van der Waals surface area contributed by atoms with Gasteiger partial charge in [-0.1, -0.05) is 18.2 Å². The highest BCUT2D eigenvalue weighted by Gasteiger charge is 2.42. The first-order chi connectivity index (χ1) is 15.5. The Morgan fingerprint density at radius 3 is 2.42 bits per heavy atom. The summed E-state index contributed by atoms with van der Waals surface area (Å²) in [6, 6.07) is 10.0. The average molecular weight is 484 g/mol. The first kappa shape index (κ1) is 24.3. The van der Waals surface area contributed by atoms with E-state index in [-0.39, 0.29) is 15.4 Å². The number of esters is 2. The van der Waals surface area contributed by atoms with E-state index in [9.17, 15) is 31.2 Å².